The molecule has 0 spiro atoms. The van der Waals surface area contributed by atoms with Gasteiger partial charge < -0.3 is 135 Å². The van der Waals surface area contributed by atoms with E-state index in [1.807, 2.05) is 0 Å². The maximum absolute atomic E-state index is 14.4. The van der Waals surface area contributed by atoms with E-state index in [1.54, 1.807) is 13.8 Å². The number of hydrogen-bond acceptors (Lipinski definition) is 25. The molecule has 114 heavy (non-hydrogen) atoms. The first kappa shape index (κ1) is 101. The fourth-order valence-electron chi connectivity index (χ4n) is 10.7. The number of carbonyl (C=O) groups is 20. The number of thiol groups is 2. The molecule has 1 aliphatic heterocycles. The summed E-state index contributed by atoms with van der Waals surface area (Å²) >= 11 is 8.23. The number of carbonyl (C=O) groups excluding carboxylic acids is 16. The SMILES string of the molecule is CC(C)C[C@H](NC(=O)CNC(=O)[C@H](CS)NC(=O)[C@@H](N)CCC(N)=O)C(=O)N[C@@H](CCCN=C(N)N)C(=O)N[C@@H](C)C(=O)N1CCC[C@H]1C(=O)N[C@@H](CCC(N)=O)C(=O)N[C@@H](CCCN=C(N)N)C(=O)N[C@@H](CS)C(=O)N[C@@H](CC(=O)O)C(=O)N[C@@H](C)C(=O)N[C@@H](CC(=O)O)C(=O)N[C@H](C(=O)N[C@@H](CCC(=O)O)C(=O)O)C(C)C. The Hall–Kier alpha value is -11.4. The Labute approximate surface area is 665 Å². The summed E-state index contributed by atoms with van der Waals surface area (Å²) in [6, 6.07) is -22.4. The van der Waals surface area contributed by atoms with Gasteiger partial charge in [0.1, 0.15) is 78.5 Å². The van der Waals surface area contributed by atoms with Crippen LogP contribution in [-0.2, 0) is 95.9 Å². The number of nitrogens with one attached hydrogen (secondary N) is 13. The normalized spacial score (nSPS) is 15.7. The predicted octanol–water partition coefficient (Wildman–Crippen LogP) is -10.6. The molecule has 1 saturated heterocycles. The molecular formula is C65H109N23O24S2. The Kier molecular flexibility index (Phi) is 45.3. The van der Waals surface area contributed by atoms with Crippen molar-refractivity contribution in [3.63, 3.8) is 0 Å². The molecule has 14 atom stereocenters. The summed E-state index contributed by atoms with van der Waals surface area (Å²) in [5.41, 5.74) is 38.4. The molecule has 0 unspecified atom stereocenters. The number of likely N-dealkylation sites (tertiary alicyclic amines) is 1. The van der Waals surface area contributed by atoms with Crippen molar-refractivity contribution >= 4 is 156 Å². The number of amides is 16. The Morgan fingerprint density at radius 2 is 0.842 bits per heavy atom. The van der Waals surface area contributed by atoms with Crippen molar-refractivity contribution in [3.05, 3.63) is 0 Å². The molecule has 640 valence electrons. The van der Waals surface area contributed by atoms with Crippen molar-refractivity contribution in [2.75, 3.05) is 37.7 Å². The van der Waals surface area contributed by atoms with E-state index in [4.69, 9.17) is 45.2 Å². The molecule has 0 bridgehead atoms. The highest BCUT2D eigenvalue weighted by Crippen LogP contribution is 2.20. The van der Waals surface area contributed by atoms with Crippen molar-refractivity contribution in [1.82, 2.24) is 74.0 Å². The molecule has 0 aromatic rings. The van der Waals surface area contributed by atoms with Crippen LogP contribution in [0.2, 0.25) is 0 Å². The van der Waals surface area contributed by atoms with E-state index in [9.17, 15) is 111 Å². The van der Waals surface area contributed by atoms with Crippen LogP contribution in [0.1, 0.15) is 138 Å². The van der Waals surface area contributed by atoms with Crippen LogP contribution in [0.25, 0.3) is 0 Å². The largest absolute Gasteiger partial charge is 0.481 e. The third-order valence-corrected chi connectivity index (χ3v) is 17.5. The second kappa shape index (κ2) is 51.3. The third kappa shape index (κ3) is 38.7. The van der Waals surface area contributed by atoms with Gasteiger partial charge in [0.15, 0.2) is 11.9 Å². The zero-order valence-corrected chi connectivity index (χ0v) is 65.6. The summed E-state index contributed by atoms with van der Waals surface area (Å²) in [4.78, 5) is 271. The van der Waals surface area contributed by atoms with Gasteiger partial charge in [0.25, 0.3) is 0 Å². The standard InChI is InChI=1S/C65H109N23O24S2/c1-28(2)22-37(78-45(91)25-75-52(100)40(26-113)85-51(99)32(66)13-16-43(67)89)57(105)80-33(10-7-19-73-64(69)70)53(101)77-31(6)62(110)88-21-9-12-42(88)60(108)81-35(14-17-44(68)90)55(103)79-34(11-8-20-74-65(71)72)54(102)86-41(27-114)59(107)84-38(23-47(94)95)56(104)76-30(5)50(98)83-39(24-48(96)97)58(106)87-49(29(3)4)61(109)82-36(63(111)112)15-18-46(92)93/h28-42,49,113-114H,7-27,66H2,1-6H3,(H2,67,89)(H2,68,90)(H,75,100)(H,76,104)(H,77,101)(H,78,91)(H,79,103)(H,80,105)(H,81,108)(H,82,109)(H,83,98)(H,84,107)(H,85,99)(H,86,102)(H,87,106)(H,92,93)(H,94,95)(H,96,97)(H,111,112)(H4,69,70,73)(H4,71,72,74)/t30-,31-,32-,33-,34-,35-,36-,37-,38-,39-,40-,41-,42-,49-/m0/s1. The van der Waals surface area contributed by atoms with Gasteiger partial charge in [-0.1, -0.05) is 27.7 Å². The van der Waals surface area contributed by atoms with Crippen molar-refractivity contribution in [3.8, 4) is 0 Å². The molecule has 1 rings (SSSR count). The highest BCUT2D eigenvalue weighted by Gasteiger charge is 2.41. The summed E-state index contributed by atoms with van der Waals surface area (Å²) in [6.45, 7) is 7.55. The average Bonchev–Trinajstić information content (AvgIpc) is 1.64. The fraction of sp³-hybridized carbons (Fsp3) is 0.662. The number of primary amides is 2. The van der Waals surface area contributed by atoms with Crippen molar-refractivity contribution in [1.29, 1.82) is 0 Å². The Morgan fingerprint density at radius 3 is 1.32 bits per heavy atom. The van der Waals surface area contributed by atoms with Crippen LogP contribution >= 0.6 is 25.3 Å². The monoisotopic (exact) mass is 1660 g/mol. The fourth-order valence-corrected chi connectivity index (χ4v) is 11.3. The first-order valence-corrected chi connectivity index (χ1v) is 37.2. The van der Waals surface area contributed by atoms with Crippen LogP contribution in [0.4, 0.5) is 0 Å². The van der Waals surface area contributed by atoms with Crippen molar-refractivity contribution < 1.29 is 116 Å². The van der Waals surface area contributed by atoms with Gasteiger partial charge in [-0.25, -0.2) is 4.79 Å². The van der Waals surface area contributed by atoms with E-state index in [-0.39, 0.29) is 101 Å². The lowest BCUT2D eigenvalue weighted by Crippen LogP contribution is -2.61. The molecule has 0 saturated carbocycles. The van der Waals surface area contributed by atoms with Crippen LogP contribution in [0, 0.1) is 11.8 Å². The van der Waals surface area contributed by atoms with E-state index < -0.39 is 260 Å². The van der Waals surface area contributed by atoms with Crippen molar-refractivity contribution in [2.24, 2.45) is 62.0 Å². The zero-order chi connectivity index (χ0) is 87.0. The molecule has 1 heterocycles. The first-order chi connectivity index (χ1) is 53.2. The summed E-state index contributed by atoms with van der Waals surface area (Å²) < 4.78 is 0. The molecule has 31 N–H and O–H groups in total. The lowest BCUT2D eigenvalue weighted by molar-refractivity contribution is -0.144. The number of rotatable bonds is 54. The molecule has 0 aliphatic carbocycles. The Bertz CT molecular complexity index is 3510. The number of carboxylic acids is 4. The quantitative estimate of drug-likeness (QED) is 0.0116. The van der Waals surface area contributed by atoms with Gasteiger partial charge in [0.2, 0.25) is 94.5 Å². The summed E-state index contributed by atoms with van der Waals surface area (Å²) in [5, 5.41) is 68.2. The van der Waals surface area contributed by atoms with E-state index in [0.29, 0.717) is 0 Å². The number of nitrogens with two attached hydrogens (primary N) is 7. The predicted molar refractivity (Wildman–Crippen MR) is 408 cm³/mol. The number of aliphatic imine (C=N–C) groups is 2. The van der Waals surface area contributed by atoms with E-state index in [1.165, 1.54) is 20.8 Å². The number of guanidine groups is 2. The van der Waals surface area contributed by atoms with E-state index >= 15 is 0 Å². The van der Waals surface area contributed by atoms with Crippen molar-refractivity contribution in [2.45, 2.75) is 222 Å². The van der Waals surface area contributed by atoms with Gasteiger partial charge in [-0.3, -0.25) is 101 Å². The molecule has 47 nitrogen and oxygen atoms in total. The second-order valence-electron chi connectivity index (χ2n) is 27.2. The lowest BCUT2D eigenvalue weighted by atomic mass is 10.0. The lowest BCUT2D eigenvalue weighted by Gasteiger charge is -2.30. The van der Waals surface area contributed by atoms with Gasteiger partial charge in [-0.05, 0) is 89.9 Å². The zero-order valence-electron chi connectivity index (χ0n) is 63.8. The minimum atomic E-state index is -2.07. The minimum Gasteiger partial charge on any atom is -0.481 e. The summed E-state index contributed by atoms with van der Waals surface area (Å²) in [6.07, 6.45) is -5.28. The molecular weight excluding hydrogens is 1550 g/mol. The van der Waals surface area contributed by atoms with Gasteiger partial charge in [-0.2, -0.15) is 25.3 Å². The molecule has 1 aliphatic rings. The van der Waals surface area contributed by atoms with Crippen LogP contribution < -0.4 is 109 Å². The smallest absolute Gasteiger partial charge is 0.326 e. The Morgan fingerprint density at radius 1 is 0.430 bits per heavy atom. The van der Waals surface area contributed by atoms with Gasteiger partial charge in [-0.15, -0.1) is 0 Å². The van der Waals surface area contributed by atoms with Crippen LogP contribution in [0.15, 0.2) is 9.98 Å². The molecule has 0 aromatic heterocycles. The highest BCUT2D eigenvalue weighted by atomic mass is 32.1. The number of carboxylic acid groups (broad SMARTS) is 4. The van der Waals surface area contributed by atoms with Crippen LogP contribution in [-0.4, -0.2) is 278 Å². The summed E-state index contributed by atoms with van der Waals surface area (Å²) in [7, 11) is 0. The second-order valence-corrected chi connectivity index (χ2v) is 27.9. The van der Waals surface area contributed by atoms with Crippen LogP contribution in [0.3, 0.4) is 0 Å². The minimum absolute atomic E-state index is 0.00369. The molecule has 0 aromatic carbocycles. The number of nitrogens with zero attached hydrogens (tertiary/aromatic N) is 3. The van der Waals surface area contributed by atoms with Crippen LogP contribution in [0.5, 0.6) is 0 Å². The van der Waals surface area contributed by atoms with Gasteiger partial charge in [0.05, 0.1) is 25.4 Å². The first-order valence-electron chi connectivity index (χ1n) is 36.0. The molecule has 0 radical (unpaired) electrons. The molecule has 49 heteroatoms. The molecule has 1 fully saturated rings. The third-order valence-electron chi connectivity index (χ3n) is 16.8. The highest BCUT2D eigenvalue weighted by molar-refractivity contribution is 7.80. The molecule has 16 amide bonds. The van der Waals surface area contributed by atoms with E-state index in [2.05, 4.69) is 104 Å². The number of aliphatic carboxylic acids is 4. The van der Waals surface area contributed by atoms with Gasteiger partial charge >= 0.3 is 23.9 Å². The maximum atomic E-state index is 14.4. The van der Waals surface area contributed by atoms with Gasteiger partial charge in [0, 0.05) is 50.4 Å². The topological polar surface area (TPSA) is 789 Å². The summed E-state index contributed by atoms with van der Waals surface area (Å²) in [5.74, 6) is -25.4. The van der Waals surface area contributed by atoms with E-state index in [0.717, 1.165) is 11.8 Å². The average molecular weight is 1660 g/mol. The maximum Gasteiger partial charge on any atom is 0.326 e. The number of hydrogen-bond donors (Lipinski definition) is 26. The Balaban J connectivity index is 3.48.